The fraction of sp³-hybridized carbons (Fsp3) is 0.316. The molecule has 0 atom stereocenters. The zero-order chi connectivity index (χ0) is 20.9. The van der Waals surface area contributed by atoms with Gasteiger partial charge in [0.1, 0.15) is 6.54 Å². The molecule has 0 saturated carbocycles. The summed E-state index contributed by atoms with van der Waals surface area (Å²) in [6.07, 6.45) is 1.16. The number of hydrogen-bond acceptors (Lipinski definition) is 5. The van der Waals surface area contributed by atoms with E-state index in [0.717, 1.165) is 16.8 Å². The van der Waals surface area contributed by atoms with Crippen molar-refractivity contribution in [3.63, 3.8) is 0 Å². The standard InChI is InChI=1S/C19H23N3O5S/c1-4-22(5-2)28(26,27)15-10-11-19(25)21(12-15)13-18(24)20-17-9-7-6-8-16(17)14(3)23/h6-12H,4-5,13H2,1-3H3,(H,20,24). The molecule has 0 bridgehead atoms. The van der Waals surface area contributed by atoms with Crippen molar-refractivity contribution in [1.29, 1.82) is 0 Å². The summed E-state index contributed by atoms with van der Waals surface area (Å²) in [5.74, 6) is -0.756. The molecular formula is C19H23N3O5S. The number of benzene rings is 1. The van der Waals surface area contributed by atoms with Crippen molar-refractivity contribution in [2.75, 3.05) is 18.4 Å². The average Bonchev–Trinajstić information content (AvgIpc) is 2.64. The highest BCUT2D eigenvalue weighted by Crippen LogP contribution is 2.16. The molecule has 0 radical (unpaired) electrons. The Morgan fingerprint density at radius 2 is 1.71 bits per heavy atom. The predicted octanol–water partition coefficient (Wildman–Crippen LogP) is 1.72. The lowest BCUT2D eigenvalue weighted by Crippen LogP contribution is -2.33. The first-order valence-corrected chi connectivity index (χ1v) is 10.2. The molecule has 1 heterocycles. The van der Waals surface area contributed by atoms with Gasteiger partial charge in [0.2, 0.25) is 15.9 Å². The molecule has 28 heavy (non-hydrogen) atoms. The molecule has 0 aliphatic carbocycles. The molecule has 0 fully saturated rings. The molecule has 1 aromatic carbocycles. The van der Waals surface area contributed by atoms with Gasteiger partial charge in [0.25, 0.3) is 5.56 Å². The molecule has 0 saturated heterocycles. The largest absolute Gasteiger partial charge is 0.324 e. The molecule has 0 spiro atoms. The predicted molar refractivity (Wildman–Crippen MR) is 106 cm³/mol. The van der Waals surface area contributed by atoms with Gasteiger partial charge in [-0.3, -0.25) is 14.4 Å². The van der Waals surface area contributed by atoms with Crippen molar-refractivity contribution < 1.29 is 18.0 Å². The normalized spacial score (nSPS) is 11.4. The summed E-state index contributed by atoms with van der Waals surface area (Å²) in [7, 11) is -3.76. The molecule has 0 aliphatic heterocycles. The summed E-state index contributed by atoms with van der Waals surface area (Å²) in [6.45, 7) is 5.03. The first-order chi connectivity index (χ1) is 13.2. The Bertz CT molecular complexity index is 1040. The van der Waals surface area contributed by atoms with Gasteiger partial charge in [-0.25, -0.2) is 8.42 Å². The Morgan fingerprint density at radius 1 is 1.07 bits per heavy atom. The van der Waals surface area contributed by atoms with E-state index in [0.29, 0.717) is 24.3 Å². The minimum absolute atomic E-state index is 0.0623. The summed E-state index contributed by atoms with van der Waals surface area (Å²) < 4.78 is 27.5. The summed E-state index contributed by atoms with van der Waals surface area (Å²) in [4.78, 5) is 36.1. The molecule has 150 valence electrons. The third kappa shape index (κ3) is 4.73. The van der Waals surface area contributed by atoms with E-state index in [9.17, 15) is 22.8 Å². The lowest BCUT2D eigenvalue weighted by molar-refractivity contribution is -0.116. The van der Waals surface area contributed by atoms with Crippen molar-refractivity contribution >= 4 is 27.4 Å². The van der Waals surface area contributed by atoms with Crippen LogP contribution in [-0.2, 0) is 21.4 Å². The van der Waals surface area contributed by atoms with Crippen LogP contribution in [0.15, 0.2) is 52.3 Å². The number of nitrogens with one attached hydrogen (secondary N) is 1. The molecule has 1 amide bonds. The van der Waals surface area contributed by atoms with Crippen LogP contribution >= 0.6 is 0 Å². The Balaban J connectivity index is 2.29. The van der Waals surface area contributed by atoms with E-state index in [1.807, 2.05) is 0 Å². The van der Waals surface area contributed by atoms with Crippen LogP contribution in [0.3, 0.4) is 0 Å². The second kappa shape index (κ2) is 8.94. The van der Waals surface area contributed by atoms with Gasteiger partial charge in [0, 0.05) is 30.9 Å². The summed E-state index contributed by atoms with van der Waals surface area (Å²) in [6, 6.07) is 8.87. The van der Waals surface area contributed by atoms with E-state index in [1.165, 1.54) is 17.3 Å². The Hall–Kier alpha value is -2.78. The highest BCUT2D eigenvalue weighted by molar-refractivity contribution is 7.89. The van der Waals surface area contributed by atoms with Crippen LogP contribution in [0.1, 0.15) is 31.1 Å². The second-order valence-corrected chi connectivity index (χ2v) is 8.01. The molecule has 0 aliphatic rings. The van der Waals surface area contributed by atoms with Crippen LogP contribution in [0, 0.1) is 0 Å². The number of anilines is 1. The number of pyridine rings is 1. The van der Waals surface area contributed by atoms with Crippen LogP contribution in [-0.4, -0.2) is 42.1 Å². The number of carbonyl (C=O) groups excluding carboxylic acids is 2. The zero-order valence-electron chi connectivity index (χ0n) is 16.0. The van der Waals surface area contributed by atoms with Crippen LogP contribution < -0.4 is 10.9 Å². The highest BCUT2D eigenvalue weighted by atomic mass is 32.2. The SMILES string of the molecule is CCN(CC)S(=O)(=O)c1ccc(=O)n(CC(=O)Nc2ccccc2C(C)=O)c1. The minimum atomic E-state index is -3.76. The third-order valence-electron chi connectivity index (χ3n) is 4.19. The molecule has 9 heteroatoms. The fourth-order valence-corrected chi connectivity index (χ4v) is 4.22. The van der Waals surface area contributed by atoms with Crippen LogP contribution in [0.5, 0.6) is 0 Å². The molecular weight excluding hydrogens is 382 g/mol. The first-order valence-electron chi connectivity index (χ1n) is 8.81. The van der Waals surface area contributed by atoms with E-state index < -0.39 is 21.5 Å². The molecule has 0 unspecified atom stereocenters. The molecule has 2 rings (SSSR count). The first kappa shape index (κ1) is 21.5. The number of para-hydroxylation sites is 1. The number of ketones is 1. The van der Waals surface area contributed by atoms with Gasteiger partial charge < -0.3 is 9.88 Å². The van der Waals surface area contributed by atoms with Crippen molar-refractivity contribution in [1.82, 2.24) is 8.87 Å². The summed E-state index contributed by atoms with van der Waals surface area (Å²) >= 11 is 0. The maximum absolute atomic E-state index is 12.6. The van der Waals surface area contributed by atoms with Gasteiger partial charge >= 0.3 is 0 Å². The summed E-state index contributed by atoms with van der Waals surface area (Å²) in [5, 5.41) is 2.59. The topological polar surface area (TPSA) is 106 Å². The quantitative estimate of drug-likeness (QED) is 0.673. The van der Waals surface area contributed by atoms with Gasteiger partial charge in [0.05, 0.1) is 10.6 Å². The number of rotatable bonds is 8. The second-order valence-electron chi connectivity index (χ2n) is 6.07. The number of Topliss-reactive ketones (excluding diaryl/α,β-unsaturated/α-hetero) is 1. The Labute approximate surface area is 163 Å². The van der Waals surface area contributed by atoms with E-state index in [-0.39, 0.29) is 17.2 Å². The number of nitrogens with zero attached hydrogens (tertiary/aromatic N) is 2. The molecule has 1 aromatic heterocycles. The van der Waals surface area contributed by atoms with Crippen molar-refractivity contribution in [2.24, 2.45) is 0 Å². The van der Waals surface area contributed by atoms with Crippen LogP contribution in [0.2, 0.25) is 0 Å². The monoisotopic (exact) mass is 405 g/mol. The maximum Gasteiger partial charge on any atom is 0.251 e. The van der Waals surface area contributed by atoms with E-state index in [4.69, 9.17) is 0 Å². The summed E-state index contributed by atoms with van der Waals surface area (Å²) in [5.41, 5.74) is 0.175. The van der Waals surface area contributed by atoms with Crippen molar-refractivity contribution in [3.8, 4) is 0 Å². The van der Waals surface area contributed by atoms with E-state index in [2.05, 4.69) is 5.32 Å². The van der Waals surface area contributed by atoms with Crippen LogP contribution in [0.25, 0.3) is 0 Å². The number of sulfonamides is 1. The van der Waals surface area contributed by atoms with Gasteiger partial charge in [-0.15, -0.1) is 0 Å². The minimum Gasteiger partial charge on any atom is -0.324 e. The number of hydrogen-bond donors (Lipinski definition) is 1. The molecule has 8 nitrogen and oxygen atoms in total. The number of amides is 1. The third-order valence-corrected chi connectivity index (χ3v) is 6.23. The van der Waals surface area contributed by atoms with Gasteiger partial charge in [0.15, 0.2) is 5.78 Å². The number of aromatic nitrogens is 1. The molecule has 1 N–H and O–H groups in total. The molecule has 2 aromatic rings. The maximum atomic E-state index is 12.6. The Morgan fingerprint density at radius 3 is 2.32 bits per heavy atom. The number of carbonyl (C=O) groups is 2. The van der Waals surface area contributed by atoms with E-state index >= 15 is 0 Å². The van der Waals surface area contributed by atoms with Gasteiger partial charge in [-0.05, 0) is 25.1 Å². The fourth-order valence-electron chi connectivity index (χ4n) is 2.74. The average molecular weight is 405 g/mol. The van der Waals surface area contributed by atoms with Crippen molar-refractivity contribution in [2.45, 2.75) is 32.2 Å². The van der Waals surface area contributed by atoms with Gasteiger partial charge in [-0.1, -0.05) is 26.0 Å². The van der Waals surface area contributed by atoms with Crippen molar-refractivity contribution in [3.05, 3.63) is 58.5 Å². The van der Waals surface area contributed by atoms with E-state index in [1.54, 1.807) is 38.1 Å². The van der Waals surface area contributed by atoms with Crippen LogP contribution in [0.4, 0.5) is 5.69 Å². The zero-order valence-corrected chi connectivity index (χ0v) is 16.8. The van der Waals surface area contributed by atoms with Gasteiger partial charge in [-0.2, -0.15) is 4.31 Å². The highest BCUT2D eigenvalue weighted by Gasteiger charge is 2.22. The lowest BCUT2D eigenvalue weighted by Gasteiger charge is -2.19. The smallest absolute Gasteiger partial charge is 0.251 e. The Kier molecular flexibility index (Phi) is 6.87. The lowest BCUT2D eigenvalue weighted by atomic mass is 10.1.